The first-order valence-corrected chi connectivity index (χ1v) is 12.3. The molecule has 1 heterocycles. The molecule has 1 saturated heterocycles. The Bertz CT molecular complexity index is 1220. The Balaban J connectivity index is 1.77. The highest BCUT2D eigenvalue weighted by molar-refractivity contribution is 5.85. The summed E-state index contributed by atoms with van der Waals surface area (Å²) in [6, 6.07) is 9.64. The van der Waals surface area contributed by atoms with Gasteiger partial charge in [-0.2, -0.15) is 13.2 Å². The van der Waals surface area contributed by atoms with Crippen LogP contribution in [0.4, 0.5) is 22.0 Å². The van der Waals surface area contributed by atoms with Crippen molar-refractivity contribution < 1.29 is 36.6 Å². The van der Waals surface area contributed by atoms with Crippen molar-refractivity contribution in [2.24, 2.45) is 5.41 Å². The summed E-state index contributed by atoms with van der Waals surface area (Å²) < 4.78 is 69.0. The average molecular weight is 524 g/mol. The number of hydrogen-bond acceptors (Lipinski definition) is 2. The zero-order chi connectivity index (χ0) is 27.4. The minimum Gasteiger partial charge on any atom is -0.481 e. The van der Waals surface area contributed by atoms with E-state index >= 15 is 0 Å². The molecule has 2 aliphatic rings. The fraction of sp³-hybridized carbons (Fsp3) is 0.500. The number of likely N-dealkylation sites (tertiary alicyclic amines) is 1. The lowest BCUT2D eigenvalue weighted by atomic mass is 9.63. The van der Waals surface area contributed by atoms with E-state index in [2.05, 4.69) is 0 Å². The summed E-state index contributed by atoms with van der Waals surface area (Å²) in [4.78, 5) is 26.6. The number of carbonyl (C=O) groups excluding carboxylic acids is 1. The molecular formula is C28H30F5NO3. The van der Waals surface area contributed by atoms with E-state index in [4.69, 9.17) is 0 Å². The van der Waals surface area contributed by atoms with Crippen molar-refractivity contribution in [3.05, 3.63) is 70.5 Å². The monoisotopic (exact) mass is 523 g/mol. The maximum atomic E-state index is 14.8. The summed E-state index contributed by atoms with van der Waals surface area (Å²) >= 11 is 0. The Morgan fingerprint density at radius 3 is 2.41 bits per heavy atom. The van der Waals surface area contributed by atoms with Gasteiger partial charge < -0.3 is 10.0 Å². The van der Waals surface area contributed by atoms with Crippen LogP contribution in [-0.2, 0) is 33.5 Å². The number of carbonyl (C=O) groups is 2. The van der Waals surface area contributed by atoms with Gasteiger partial charge in [0.1, 0.15) is 5.82 Å². The summed E-state index contributed by atoms with van der Waals surface area (Å²) in [5.74, 6) is -1.83. The molecule has 4 nitrogen and oxygen atoms in total. The molecule has 0 saturated carbocycles. The van der Waals surface area contributed by atoms with Gasteiger partial charge in [-0.1, -0.05) is 30.3 Å². The number of carboxylic acid groups (broad SMARTS) is 1. The van der Waals surface area contributed by atoms with Crippen LogP contribution in [-0.4, -0.2) is 40.6 Å². The van der Waals surface area contributed by atoms with Crippen molar-refractivity contribution in [3.8, 4) is 0 Å². The highest BCUT2D eigenvalue weighted by Crippen LogP contribution is 2.51. The quantitative estimate of drug-likeness (QED) is 0.466. The van der Waals surface area contributed by atoms with Crippen LogP contribution in [0.5, 0.6) is 0 Å². The predicted octanol–water partition coefficient (Wildman–Crippen LogP) is 6.10. The van der Waals surface area contributed by atoms with Crippen molar-refractivity contribution in [1.29, 1.82) is 0 Å². The molecule has 2 aromatic rings. The topological polar surface area (TPSA) is 57.6 Å². The Hall–Kier alpha value is -2.97. The number of aryl methyl sites for hydroxylation is 1. The summed E-state index contributed by atoms with van der Waals surface area (Å²) in [7, 11) is 0. The van der Waals surface area contributed by atoms with E-state index in [0.29, 0.717) is 50.3 Å². The molecule has 0 spiro atoms. The van der Waals surface area contributed by atoms with Gasteiger partial charge in [0, 0.05) is 24.4 Å². The number of carboxylic acids is 1. The zero-order valence-corrected chi connectivity index (χ0v) is 21.0. The number of aliphatic carboxylic acids is 1. The molecule has 1 N–H and O–H groups in total. The average Bonchev–Trinajstić information content (AvgIpc) is 3.17. The molecule has 0 aromatic heterocycles. The standard InChI is InChI=1S/C28H30F5NO3/c1-25(2,24(36)37)16-23(35)34-12-11-27(15-17-5-4-6-20(29)13-17)21-9-8-19(26(3,30)28(31,32)33)14-18(21)7-10-22(27)34/h4-6,8-9,13-14,22H,7,10-12,15-16H2,1-3H3,(H,36,37). The third-order valence-corrected chi connectivity index (χ3v) is 8.12. The van der Waals surface area contributed by atoms with Crippen LogP contribution in [0.15, 0.2) is 42.5 Å². The first kappa shape index (κ1) is 27.1. The Morgan fingerprint density at radius 2 is 1.78 bits per heavy atom. The van der Waals surface area contributed by atoms with Gasteiger partial charge in [-0.25, -0.2) is 8.78 Å². The maximum absolute atomic E-state index is 14.8. The largest absolute Gasteiger partial charge is 0.481 e. The maximum Gasteiger partial charge on any atom is 0.426 e. The minimum absolute atomic E-state index is 0.202. The highest BCUT2D eigenvalue weighted by Gasteiger charge is 2.56. The van der Waals surface area contributed by atoms with Crippen LogP contribution in [0, 0.1) is 11.2 Å². The van der Waals surface area contributed by atoms with Gasteiger partial charge in [0.2, 0.25) is 11.6 Å². The number of rotatable bonds is 6. The molecule has 3 unspecified atom stereocenters. The second kappa shape index (κ2) is 9.10. The minimum atomic E-state index is -5.08. The van der Waals surface area contributed by atoms with Crippen molar-refractivity contribution in [3.63, 3.8) is 0 Å². The SMILES string of the molecule is CC(C)(CC(=O)N1CCC2(Cc3cccc(F)c3)c3ccc(C(C)(F)C(F)(F)F)cc3CCC12)C(=O)O. The van der Waals surface area contributed by atoms with E-state index in [1.165, 1.54) is 38.1 Å². The van der Waals surface area contributed by atoms with Gasteiger partial charge in [0.15, 0.2) is 0 Å². The second-order valence-electron chi connectivity index (χ2n) is 11.1. The molecule has 200 valence electrons. The van der Waals surface area contributed by atoms with Crippen LogP contribution in [0.1, 0.15) is 62.3 Å². The van der Waals surface area contributed by atoms with Crippen molar-refractivity contribution in [2.75, 3.05) is 6.54 Å². The van der Waals surface area contributed by atoms with Gasteiger partial charge in [0.25, 0.3) is 0 Å². The molecular weight excluding hydrogens is 493 g/mol. The number of hydrogen-bond donors (Lipinski definition) is 1. The van der Waals surface area contributed by atoms with E-state index in [0.717, 1.165) is 11.6 Å². The fourth-order valence-electron chi connectivity index (χ4n) is 5.89. The van der Waals surface area contributed by atoms with E-state index < -0.39 is 40.0 Å². The van der Waals surface area contributed by atoms with Gasteiger partial charge in [-0.05, 0) is 80.8 Å². The Labute approximate surface area is 212 Å². The molecule has 0 radical (unpaired) electrons. The number of benzene rings is 2. The van der Waals surface area contributed by atoms with Crippen molar-refractivity contribution in [2.45, 2.75) is 76.2 Å². The molecule has 2 aromatic carbocycles. The zero-order valence-electron chi connectivity index (χ0n) is 21.0. The van der Waals surface area contributed by atoms with Crippen LogP contribution in [0.2, 0.25) is 0 Å². The molecule has 37 heavy (non-hydrogen) atoms. The molecule has 3 atom stereocenters. The summed E-state index contributed by atoms with van der Waals surface area (Å²) in [6.07, 6.45) is -3.73. The van der Waals surface area contributed by atoms with Gasteiger partial charge in [-0.3, -0.25) is 9.59 Å². The lowest BCUT2D eigenvalue weighted by molar-refractivity contribution is -0.228. The lowest BCUT2D eigenvalue weighted by Crippen LogP contribution is -2.50. The molecule has 4 rings (SSSR count). The first-order valence-electron chi connectivity index (χ1n) is 12.3. The molecule has 9 heteroatoms. The van der Waals surface area contributed by atoms with E-state index in [1.54, 1.807) is 17.0 Å². The van der Waals surface area contributed by atoms with Crippen molar-refractivity contribution in [1.82, 2.24) is 4.90 Å². The van der Waals surface area contributed by atoms with Crippen LogP contribution >= 0.6 is 0 Å². The Kier molecular flexibility index (Phi) is 6.66. The molecule has 1 amide bonds. The van der Waals surface area contributed by atoms with E-state index in [9.17, 15) is 36.6 Å². The summed E-state index contributed by atoms with van der Waals surface area (Å²) in [5.41, 5.74) is -4.01. The third-order valence-electron chi connectivity index (χ3n) is 8.12. The van der Waals surface area contributed by atoms with Crippen LogP contribution in [0.25, 0.3) is 0 Å². The van der Waals surface area contributed by atoms with Crippen molar-refractivity contribution >= 4 is 11.9 Å². The Morgan fingerprint density at radius 1 is 1.08 bits per heavy atom. The number of alkyl halides is 4. The molecule has 1 aliphatic heterocycles. The van der Waals surface area contributed by atoms with Gasteiger partial charge in [0.05, 0.1) is 5.41 Å². The molecule has 0 bridgehead atoms. The van der Waals surface area contributed by atoms with Gasteiger partial charge in [-0.15, -0.1) is 0 Å². The van der Waals surface area contributed by atoms with Gasteiger partial charge >= 0.3 is 12.1 Å². The molecule has 1 aliphatic carbocycles. The number of fused-ring (bicyclic) bond motifs is 3. The predicted molar refractivity (Wildman–Crippen MR) is 127 cm³/mol. The lowest BCUT2D eigenvalue weighted by Gasteiger charge is -2.44. The van der Waals surface area contributed by atoms with E-state index in [-0.39, 0.29) is 18.4 Å². The third kappa shape index (κ3) is 4.73. The number of halogens is 5. The van der Waals surface area contributed by atoms with E-state index in [1.807, 2.05) is 0 Å². The first-order chi connectivity index (χ1) is 17.1. The van der Waals surface area contributed by atoms with Crippen LogP contribution in [0.3, 0.4) is 0 Å². The smallest absolute Gasteiger partial charge is 0.426 e. The molecule has 1 fully saturated rings. The number of amides is 1. The normalized spacial score (nSPS) is 23.2. The highest BCUT2D eigenvalue weighted by atomic mass is 19.4. The fourth-order valence-corrected chi connectivity index (χ4v) is 5.89. The number of nitrogens with zero attached hydrogens (tertiary/aromatic N) is 1. The summed E-state index contributed by atoms with van der Waals surface area (Å²) in [6.45, 7) is 3.80. The van der Waals surface area contributed by atoms with Crippen LogP contribution < -0.4 is 0 Å². The summed E-state index contributed by atoms with van der Waals surface area (Å²) in [5, 5.41) is 9.50. The second-order valence-corrected chi connectivity index (χ2v) is 11.1.